The van der Waals surface area contributed by atoms with Crippen molar-refractivity contribution in [3.8, 4) is 0 Å². The van der Waals surface area contributed by atoms with Crippen LogP contribution in [0.2, 0.25) is 0 Å². The smallest absolute Gasteiger partial charge is 0.115 e. The summed E-state index contributed by atoms with van der Waals surface area (Å²) in [6.07, 6.45) is 2.69. The second-order valence-corrected chi connectivity index (χ2v) is 2.81. The van der Waals surface area contributed by atoms with Crippen LogP contribution in [-0.2, 0) is 13.0 Å². The van der Waals surface area contributed by atoms with Crippen LogP contribution in [0.25, 0.3) is 0 Å². The summed E-state index contributed by atoms with van der Waals surface area (Å²) < 4.78 is 0. The first kappa shape index (κ1) is 9.42. The molecule has 1 N–H and O–H groups in total. The van der Waals surface area contributed by atoms with Gasteiger partial charge < -0.3 is 5.32 Å². The van der Waals surface area contributed by atoms with E-state index < -0.39 is 0 Å². The van der Waals surface area contributed by atoms with Crippen molar-refractivity contribution in [1.29, 1.82) is 0 Å². The first-order valence-corrected chi connectivity index (χ1v) is 3.88. The number of aryl methyl sites for hydroxylation is 1. The molecule has 1 aromatic heterocycles. The number of hydrogen-bond donors (Lipinski definition) is 1. The zero-order valence-electron chi connectivity index (χ0n) is 7.00. The van der Waals surface area contributed by atoms with E-state index in [1.54, 1.807) is 6.33 Å². The molecule has 0 bridgehead atoms. The highest BCUT2D eigenvalue weighted by molar-refractivity contribution is 5.85. The van der Waals surface area contributed by atoms with Gasteiger partial charge in [-0.25, -0.2) is 9.97 Å². The highest BCUT2D eigenvalue weighted by atomic mass is 35.5. The zero-order chi connectivity index (χ0) is 7.68. The fourth-order valence-corrected chi connectivity index (χ4v) is 1.42. The fraction of sp³-hybridized carbons (Fsp3) is 0.500. The minimum absolute atomic E-state index is 0. The van der Waals surface area contributed by atoms with E-state index in [0.717, 1.165) is 25.2 Å². The van der Waals surface area contributed by atoms with Crippen molar-refractivity contribution in [3.05, 3.63) is 23.3 Å². The molecule has 0 unspecified atom stereocenters. The standard InChI is InChI=1S/C8H11N3.ClH/c1-6-7-4-9-3-2-8(7)11-5-10-6;/h5,9H,2-4H2,1H3;1H. The molecule has 1 aliphatic rings. The first-order chi connectivity index (χ1) is 5.38. The van der Waals surface area contributed by atoms with Crippen LogP contribution in [0.15, 0.2) is 6.33 Å². The van der Waals surface area contributed by atoms with E-state index in [0.29, 0.717) is 0 Å². The topological polar surface area (TPSA) is 37.8 Å². The Labute approximate surface area is 78.0 Å². The molecule has 3 nitrogen and oxygen atoms in total. The molecule has 12 heavy (non-hydrogen) atoms. The van der Waals surface area contributed by atoms with E-state index in [4.69, 9.17) is 0 Å². The second kappa shape index (κ2) is 3.83. The molecule has 0 radical (unpaired) electrons. The third kappa shape index (κ3) is 1.57. The number of rotatable bonds is 0. The van der Waals surface area contributed by atoms with E-state index in [1.807, 2.05) is 6.92 Å². The molecule has 4 heteroatoms. The summed E-state index contributed by atoms with van der Waals surface area (Å²) in [6.45, 7) is 4.01. The molecule has 2 heterocycles. The molecule has 0 aliphatic carbocycles. The third-order valence-electron chi connectivity index (χ3n) is 2.09. The quantitative estimate of drug-likeness (QED) is 0.652. The molecule has 0 saturated heterocycles. The predicted molar refractivity (Wildman–Crippen MR) is 49.4 cm³/mol. The van der Waals surface area contributed by atoms with Crippen LogP contribution in [0, 0.1) is 6.92 Å². The fourth-order valence-electron chi connectivity index (χ4n) is 1.42. The predicted octanol–water partition coefficient (Wildman–Crippen LogP) is 0.853. The summed E-state index contributed by atoms with van der Waals surface area (Å²) in [5.41, 5.74) is 3.62. The SMILES string of the molecule is Cc1ncnc2c1CNCC2.Cl. The van der Waals surface area contributed by atoms with Gasteiger partial charge >= 0.3 is 0 Å². The van der Waals surface area contributed by atoms with E-state index in [1.165, 1.54) is 11.3 Å². The summed E-state index contributed by atoms with van der Waals surface area (Å²) in [4.78, 5) is 8.37. The first-order valence-electron chi connectivity index (χ1n) is 3.88. The van der Waals surface area contributed by atoms with Crippen molar-refractivity contribution in [2.45, 2.75) is 19.9 Å². The Morgan fingerprint density at radius 3 is 3.00 bits per heavy atom. The van der Waals surface area contributed by atoms with E-state index in [-0.39, 0.29) is 12.4 Å². The van der Waals surface area contributed by atoms with Gasteiger partial charge in [-0.05, 0) is 6.92 Å². The molecular formula is C8H12ClN3. The van der Waals surface area contributed by atoms with Gasteiger partial charge in [-0.15, -0.1) is 12.4 Å². The Kier molecular flexibility index (Phi) is 3.00. The molecule has 0 saturated carbocycles. The highest BCUT2D eigenvalue weighted by Gasteiger charge is 2.11. The van der Waals surface area contributed by atoms with Gasteiger partial charge in [0.1, 0.15) is 6.33 Å². The van der Waals surface area contributed by atoms with Gasteiger partial charge in [0.25, 0.3) is 0 Å². The summed E-state index contributed by atoms with van der Waals surface area (Å²) >= 11 is 0. The Hall–Kier alpha value is -0.670. The molecule has 2 rings (SSSR count). The summed E-state index contributed by atoms with van der Waals surface area (Å²) in [7, 11) is 0. The lowest BCUT2D eigenvalue weighted by Gasteiger charge is -2.16. The highest BCUT2D eigenvalue weighted by Crippen LogP contribution is 2.12. The van der Waals surface area contributed by atoms with Gasteiger partial charge in [0.2, 0.25) is 0 Å². The van der Waals surface area contributed by atoms with Crippen LogP contribution < -0.4 is 5.32 Å². The largest absolute Gasteiger partial charge is 0.312 e. The molecule has 1 aromatic rings. The Bertz CT molecular complexity index is 275. The lowest BCUT2D eigenvalue weighted by atomic mass is 10.1. The minimum Gasteiger partial charge on any atom is -0.312 e. The van der Waals surface area contributed by atoms with Crippen LogP contribution in [0.1, 0.15) is 17.0 Å². The molecule has 1 aliphatic heterocycles. The van der Waals surface area contributed by atoms with Gasteiger partial charge in [-0.1, -0.05) is 0 Å². The number of nitrogens with one attached hydrogen (secondary N) is 1. The van der Waals surface area contributed by atoms with E-state index in [2.05, 4.69) is 15.3 Å². The van der Waals surface area contributed by atoms with Crippen LogP contribution in [-0.4, -0.2) is 16.5 Å². The third-order valence-corrected chi connectivity index (χ3v) is 2.09. The Balaban J connectivity index is 0.000000720. The van der Waals surface area contributed by atoms with Gasteiger partial charge in [-0.2, -0.15) is 0 Å². The molecule has 0 amide bonds. The lowest BCUT2D eigenvalue weighted by molar-refractivity contribution is 0.620. The van der Waals surface area contributed by atoms with Crippen LogP contribution in [0.3, 0.4) is 0 Å². The van der Waals surface area contributed by atoms with Crippen molar-refractivity contribution in [1.82, 2.24) is 15.3 Å². The molecule has 0 atom stereocenters. The number of hydrogen-bond acceptors (Lipinski definition) is 3. The molecular weight excluding hydrogens is 174 g/mol. The van der Waals surface area contributed by atoms with Gasteiger partial charge in [0, 0.05) is 36.5 Å². The summed E-state index contributed by atoms with van der Waals surface area (Å²) in [5, 5.41) is 3.30. The summed E-state index contributed by atoms with van der Waals surface area (Å²) in [5.74, 6) is 0. The average molecular weight is 186 g/mol. The molecule has 0 fully saturated rings. The Morgan fingerprint density at radius 1 is 1.42 bits per heavy atom. The van der Waals surface area contributed by atoms with Crippen LogP contribution >= 0.6 is 12.4 Å². The van der Waals surface area contributed by atoms with Gasteiger partial charge in [0.15, 0.2) is 0 Å². The van der Waals surface area contributed by atoms with Gasteiger partial charge in [0.05, 0.1) is 0 Å². The average Bonchev–Trinajstić information content (AvgIpc) is 2.06. The monoisotopic (exact) mass is 185 g/mol. The maximum atomic E-state index is 4.23. The molecule has 66 valence electrons. The van der Waals surface area contributed by atoms with Crippen molar-refractivity contribution < 1.29 is 0 Å². The van der Waals surface area contributed by atoms with Crippen LogP contribution in [0.4, 0.5) is 0 Å². The lowest BCUT2D eigenvalue weighted by Crippen LogP contribution is -2.25. The second-order valence-electron chi connectivity index (χ2n) is 2.81. The minimum atomic E-state index is 0. The number of nitrogens with zero attached hydrogens (tertiary/aromatic N) is 2. The van der Waals surface area contributed by atoms with Crippen molar-refractivity contribution in [2.24, 2.45) is 0 Å². The maximum absolute atomic E-state index is 4.23. The van der Waals surface area contributed by atoms with E-state index in [9.17, 15) is 0 Å². The van der Waals surface area contributed by atoms with Crippen molar-refractivity contribution in [2.75, 3.05) is 6.54 Å². The molecule has 0 spiro atoms. The summed E-state index contributed by atoms with van der Waals surface area (Å²) in [6, 6.07) is 0. The van der Waals surface area contributed by atoms with Crippen molar-refractivity contribution >= 4 is 12.4 Å². The van der Waals surface area contributed by atoms with E-state index >= 15 is 0 Å². The van der Waals surface area contributed by atoms with Crippen LogP contribution in [0.5, 0.6) is 0 Å². The zero-order valence-corrected chi connectivity index (χ0v) is 7.82. The Morgan fingerprint density at radius 2 is 2.25 bits per heavy atom. The maximum Gasteiger partial charge on any atom is 0.115 e. The normalized spacial score (nSPS) is 14.8. The molecule has 0 aromatic carbocycles. The number of aromatic nitrogens is 2. The van der Waals surface area contributed by atoms with Gasteiger partial charge in [-0.3, -0.25) is 0 Å². The van der Waals surface area contributed by atoms with Crippen molar-refractivity contribution in [3.63, 3.8) is 0 Å². The number of halogens is 1. The number of fused-ring (bicyclic) bond motifs is 1.